The molecule has 0 aliphatic rings. The van der Waals surface area contributed by atoms with Gasteiger partial charge in [-0.15, -0.1) is 10.2 Å². The van der Waals surface area contributed by atoms with Gasteiger partial charge in [0.1, 0.15) is 0 Å². The van der Waals surface area contributed by atoms with Crippen LogP contribution in [-0.2, 0) is 0 Å². The van der Waals surface area contributed by atoms with Crippen molar-refractivity contribution >= 4 is 16.7 Å². The summed E-state index contributed by atoms with van der Waals surface area (Å²) in [6, 6.07) is 13.5. The Labute approximate surface area is 102 Å². The maximum absolute atomic E-state index is 10.7. The molecule has 3 rings (SSSR count). The van der Waals surface area contributed by atoms with Crippen molar-refractivity contribution in [2.24, 2.45) is 0 Å². The molecule has 1 aromatic heterocycles. The van der Waals surface area contributed by atoms with Gasteiger partial charge in [-0.1, -0.05) is 30.3 Å². The number of benzene rings is 2. The Morgan fingerprint density at radius 1 is 1.06 bits per heavy atom. The molecular weight excluding hydrogens is 232 g/mol. The molecule has 0 fully saturated rings. The molecule has 0 saturated heterocycles. The highest BCUT2D eigenvalue weighted by Crippen LogP contribution is 2.23. The maximum atomic E-state index is 10.7. The largest absolute Gasteiger partial charge is 0.474 e. The average Bonchev–Trinajstić information content (AvgIpc) is 2.88. The first-order valence-corrected chi connectivity index (χ1v) is 5.30. The van der Waals surface area contributed by atoms with Crippen LogP contribution in [0.2, 0.25) is 0 Å². The van der Waals surface area contributed by atoms with E-state index in [4.69, 9.17) is 9.52 Å². The molecule has 18 heavy (non-hydrogen) atoms. The number of carboxylic acid groups (broad SMARTS) is 1. The third-order valence-electron chi connectivity index (χ3n) is 2.60. The SMILES string of the molecule is O=C(O)c1nnc(-c2ccc3ccccc3c2)o1. The number of fused-ring (bicyclic) bond motifs is 1. The van der Waals surface area contributed by atoms with E-state index in [-0.39, 0.29) is 5.89 Å². The molecule has 1 heterocycles. The number of carbonyl (C=O) groups is 1. The summed E-state index contributed by atoms with van der Waals surface area (Å²) in [6.45, 7) is 0. The van der Waals surface area contributed by atoms with Crippen LogP contribution >= 0.6 is 0 Å². The summed E-state index contributed by atoms with van der Waals surface area (Å²) in [5.74, 6) is -1.43. The van der Waals surface area contributed by atoms with E-state index in [1.54, 1.807) is 0 Å². The van der Waals surface area contributed by atoms with E-state index >= 15 is 0 Å². The minimum Gasteiger partial charge on any atom is -0.474 e. The second-order valence-corrected chi connectivity index (χ2v) is 3.78. The molecule has 5 nitrogen and oxygen atoms in total. The Hall–Kier alpha value is -2.69. The molecule has 88 valence electrons. The van der Waals surface area contributed by atoms with Crippen LogP contribution in [0.25, 0.3) is 22.2 Å². The Balaban J connectivity index is 2.10. The molecule has 0 unspecified atom stereocenters. The van der Waals surface area contributed by atoms with Gasteiger partial charge in [0.2, 0.25) is 5.89 Å². The Morgan fingerprint density at radius 2 is 1.83 bits per heavy atom. The molecule has 0 bridgehead atoms. The number of hydrogen-bond donors (Lipinski definition) is 1. The van der Waals surface area contributed by atoms with Crippen LogP contribution in [0.1, 0.15) is 10.7 Å². The van der Waals surface area contributed by atoms with Crippen molar-refractivity contribution in [1.82, 2.24) is 10.2 Å². The zero-order valence-electron chi connectivity index (χ0n) is 9.20. The lowest BCUT2D eigenvalue weighted by Gasteiger charge is -1.99. The molecule has 0 radical (unpaired) electrons. The van der Waals surface area contributed by atoms with Crippen molar-refractivity contribution in [3.8, 4) is 11.5 Å². The van der Waals surface area contributed by atoms with Crippen LogP contribution in [0.5, 0.6) is 0 Å². The molecule has 2 aromatic carbocycles. The van der Waals surface area contributed by atoms with E-state index in [1.165, 1.54) is 0 Å². The first-order valence-electron chi connectivity index (χ1n) is 5.30. The predicted molar refractivity (Wildman–Crippen MR) is 64.2 cm³/mol. The maximum Gasteiger partial charge on any atom is 0.393 e. The lowest BCUT2D eigenvalue weighted by atomic mass is 10.1. The minimum atomic E-state index is -1.23. The van der Waals surface area contributed by atoms with Crippen molar-refractivity contribution in [2.75, 3.05) is 0 Å². The molecule has 0 spiro atoms. The fourth-order valence-corrected chi connectivity index (χ4v) is 1.75. The molecule has 0 aliphatic heterocycles. The third kappa shape index (κ3) is 1.71. The van der Waals surface area contributed by atoms with Crippen molar-refractivity contribution in [3.05, 3.63) is 48.4 Å². The number of carboxylic acids is 1. The molecule has 0 aliphatic carbocycles. The average molecular weight is 240 g/mol. The first-order chi connectivity index (χ1) is 8.74. The van der Waals surface area contributed by atoms with Crippen LogP contribution in [0.15, 0.2) is 46.9 Å². The van der Waals surface area contributed by atoms with Crippen LogP contribution in [0.3, 0.4) is 0 Å². The minimum absolute atomic E-state index is 0.207. The zero-order valence-corrected chi connectivity index (χ0v) is 9.20. The van der Waals surface area contributed by atoms with Crippen molar-refractivity contribution in [2.45, 2.75) is 0 Å². The van der Waals surface area contributed by atoms with E-state index in [1.807, 2.05) is 42.5 Å². The highest BCUT2D eigenvalue weighted by Gasteiger charge is 2.14. The summed E-state index contributed by atoms with van der Waals surface area (Å²) in [5, 5.41) is 18.0. The standard InChI is InChI=1S/C13H8N2O3/c16-13(17)12-15-14-11(18-12)10-6-5-8-3-1-2-4-9(8)7-10/h1-7H,(H,16,17). The van der Waals surface area contributed by atoms with Crippen LogP contribution in [0.4, 0.5) is 0 Å². The van der Waals surface area contributed by atoms with Gasteiger partial charge in [-0.05, 0) is 22.9 Å². The number of hydrogen-bond acceptors (Lipinski definition) is 4. The van der Waals surface area contributed by atoms with E-state index in [0.29, 0.717) is 5.56 Å². The lowest BCUT2D eigenvalue weighted by Crippen LogP contribution is -1.95. The zero-order chi connectivity index (χ0) is 12.5. The number of nitrogens with zero attached hydrogens (tertiary/aromatic N) is 2. The molecule has 0 atom stereocenters. The van der Waals surface area contributed by atoms with Crippen molar-refractivity contribution < 1.29 is 14.3 Å². The second-order valence-electron chi connectivity index (χ2n) is 3.78. The van der Waals surface area contributed by atoms with Crippen molar-refractivity contribution in [1.29, 1.82) is 0 Å². The van der Waals surface area contributed by atoms with Gasteiger partial charge in [0.05, 0.1) is 0 Å². The molecule has 0 amide bonds. The van der Waals surface area contributed by atoms with Gasteiger partial charge < -0.3 is 9.52 Å². The van der Waals surface area contributed by atoms with Crippen LogP contribution in [0, 0.1) is 0 Å². The van der Waals surface area contributed by atoms with Crippen LogP contribution < -0.4 is 0 Å². The van der Waals surface area contributed by atoms with Gasteiger partial charge in [-0.3, -0.25) is 0 Å². The third-order valence-corrected chi connectivity index (χ3v) is 2.60. The second kappa shape index (κ2) is 3.96. The van der Waals surface area contributed by atoms with E-state index < -0.39 is 11.9 Å². The molecule has 0 saturated carbocycles. The summed E-state index contributed by atoms with van der Waals surface area (Å²) >= 11 is 0. The summed E-state index contributed by atoms with van der Waals surface area (Å²) in [6.07, 6.45) is 0. The highest BCUT2D eigenvalue weighted by atomic mass is 16.4. The number of aromatic carboxylic acids is 1. The van der Waals surface area contributed by atoms with Crippen molar-refractivity contribution in [3.63, 3.8) is 0 Å². The van der Waals surface area contributed by atoms with Gasteiger partial charge in [-0.25, -0.2) is 4.79 Å². The molecule has 1 N–H and O–H groups in total. The highest BCUT2D eigenvalue weighted by molar-refractivity contribution is 5.86. The number of aromatic nitrogens is 2. The quantitative estimate of drug-likeness (QED) is 0.745. The van der Waals surface area contributed by atoms with E-state index in [2.05, 4.69) is 10.2 Å². The lowest BCUT2D eigenvalue weighted by molar-refractivity contribution is 0.0654. The Kier molecular flexibility index (Phi) is 2.30. The van der Waals surface area contributed by atoms with E-state index in [9.17, 15) is 4.79 Å². The number of rotatable bonds is 2. The predicted octanol–water partition coefficient (Wildman–Crippen LogP) is 2.59. The van der Waals surface area contributed by atoms with E-state index in [0.717, 1.165) is 10.8 Å². The van der Waals surface area contributed by atoms with Gasteiger partial charge in [0, 0.05) is 5.56 Å². The monoisotopic (exact) mass is 240 g/mol. The Bertz CT molecular complexity index is 734. The topological polar surface area (TPSA) is 76.2 Å². The van der Waals surface area contributed by atoms with Crippen LogP contribution in [-0.4, -0.2) is 21.3 Å². The molecule has 5 heteroatoms. The fourth-order valence-electron chi connectivity index (χ4n) is 1.75. The Morgan fingerprint density at radius 3 is 2.56 bits per heavy atom. The molecule has 3 aromatic rings. The summed E-state index contributed by atoms with van der Waals surface area (Å²) in [4.78, 5) is 10.7. The smallest absolute Gasteiger partial charge is 0.393 e. The normalized spacial score (nSPS) is 10.7. The van der Waals surface area contributed by atoms with Gasteiger partial charge in [0.25, 0.3) is 0 Å². The van der Waals surface area contributed by atoms with Gasteiger partial charge in [0.15, 0.2) is 0 Å². The first kappa shape index (κ1) is 10.5. The summed E-state index contributed by atoms with van der Waals surface area (Å²) in [5.41, 5.74) is 0.703. The summed E-state index contributed by atoms with van der Waals surface area (Å²) in [7, 11) is 0. The molecular formula is C13H8N2O3. The fraction of sp³-hybridized carbons (Fsp3) is 0. The van der Waals surface area contributed by atoms with Gasteiger partial charge in [-0.2, -0.15) is 0 Å². The summed E-state index contributed by atoms with van der Waals surface area (Å²) < 4.78 is 5.06. The van der Waals surface area contributed by atoms with Gasteiger partial charge >= 0.3 is 11.9 Å².